The number of hydrogen-bond donors (Lipinski definition) is 0. The third-order valence-electron chi connectivity index (χ3n) is 1.58. The minimum atomic E-state index is -0.417. The molecule has 1 aliphatic heterocycles. The fourth-order valence-corrected chi connectivity index (χ4v) is 1.06. The maximum atomic E-state index is 11.2. The van der Waals surface area contributed by atoms with Gasteiger partial charge in [0, 0.05) is 6.42 Å². The van der Waals surface area contributed by atoms with Gasteiger partial charge in [0.2, 0.25) is 0 Å². The second-order valence-electron chi connectivity index (χ2n) is 3.24. The third kappa shape index (κ3) is 2.34. The van der Waals surface area contributed by atoms with Gasteiger partial charge in [-0.25, -0.2) is 4.79 Å². The molecule has 1 heterocycles. The predicted octanol–water partition coefficient (Wildman–Crippen LogP) is 1.28. The van der Waals surface area contributed by atoms with Gasteiger partial charge in [0.1, 0.15) is 0 Å². The van der Waals surface area contributed by atoms with Gasteiger partial charge in [-0.15, -0.1) is 0 Å². The van der Waals surface area contributed by atoms with Crippen LogP contribution in [0.1, 0.15) is 20.3 Å². The Labute approximate surface area is 72.4 Å². The highest BCUT2D eigenvalue weighted by atomic mass is 16.6. The van der Waals surface area contributed by atoms with Crippen molar-refractivity contribution in [2.75, 3.05) is 6.61 Å². The summed E-state index contributed by atoms with van der Waals surface area (Å²) in [6.07, 6.45) is 0.112. The summed E-state index contributed by atoms with van der Waals surface area (Å²) in [6.45, 7) is 7.86. The summed E-state index contributed by atoms with van der Waals surface area (Å²) in [7, 11) is 0. The lowest BCUT2D eigenvalue weighted by atomic mass is 10.2. The van der Waals surface area contributed by atoms with E-state index in [2.05, 4.69) is 6.58 Å². The molecule has 0 aromatic rings. The van der Waals surface area contributed by atoms with E-state index in [1.807, 2.05) is 13.8 Å². The van der Waals surface area contributed by atoms with Crippen molar-refractivity contribution in [1.29, 1.82) is 0 Å². The minimum Gasteiger partial charge on any atom is -0.461 e. The molecule has 0 unspecified atom stereocenters. The van der Waals surface area contributed by atoms with E-state index in [0.29, 0.717) is 13.0 Å². The van der Waals surface area contributed by atoms with Crippen LogP contribution in [0.2, 0.25) is 0 Å². The van der Waals surface area contributed by atoms with E-state index in [0.717, 1.165) is 5.57 Å². The molecule has 3 heteroatoms. The zero-order valence-electron chi connectivity index (χ0n) is 7.50. The molecule has 3 nitrogen and oxygen atoms in total. The Morgan fingerprint density at radius 1 is 1.75 bits per heavy atom. The molecule has 1 atom stereocenters. The summed E-state index contributed by atoms with van der Waals surface area (Å²) in [5.74, 6) is -0.274. The second-order valence-corrected chi connectivity index (χ2v) is 3.24. The summed E-state index contributed by atoms with van der Waals surface area (Å²) in [5.41, 5.74) is 0.959. The number of carbonyl (C=O) groups excluding carboxylic acids is 1. The van der Waals surface area contributed by atoms with Gasteiger partial charge in [-0.3, -0.25) is 0 Å². The lowest BCUT2D eigenvalue weighted by Gasteiger charge is -2.11. The Morgan fingerprint density at radius 2 is 2.42 bits per heavy atom. The van der Waals surface area contributed by atoms with E-state index in [1.165, 1.54) is 0 Å². The number of hydrogen-bond acceptors (Lipinski definition) is 3. The molecule has 0 aromatic heterocycles. The molecule has 1 fully saturated rings. The maximum absolute atomic E-state index is 11.2. The van der Waals surface area contributed by atoms with Crippen LogP contribution in [0.15, 0.2) is 12.2 Å². The first kappa shape index (κ1) is 9.26. The Kier molecular flexibility index (Phi) is 2.87. The van der Waals surface area contributed by atoms with E-state index in [4.69, 9.17) is 9.47 Å². The van der Waals surface area contributed by atoms with E-state index < -0.39 is 6.10 Å². The van der Waals surface area contributed by atoms with Crippen molar-refractivity contribution in [3.63, 3.8) is 0 Å². The van der Waals surface area contributed by atoms with Gasteiger partial charge in [0.15, 0.2) is 6.10 Å². The zero-order valence-corrected chi connectivity index (χ0v) is 7.50. The Balaban J connectivity index is 2.38. The number of rotatable bonds is 2. The monoisotopic (exact) mass is 170 g/mol. The van der Waals surface area contributed by atoms with E-state index in [-0.39, 0.29) is 12.1 Å². The molecular formula is C9H14O3. The largest absolute Gasteiger partial charge is 0.461 e. The summed E-state index contributed by atoms with van der Waals surface area (Å²) in [6, 6.07) is 0. The van der Waals surface area contributed by atoms with Gasteiger partial charge in [0.05, 0.1) is 12.7 Å². The van der Waals surface area contributed by atoms with Crippen molar-refractivity contribution >= 4 is 5.97 Å². The van der Waals surface area contributed by atoms with Crippen molar-refractivity contribution < 1.29 is 14.3 Å². The Morgan fingerprint density at radius 3 is 2.83 bits per heavy atom. The van der Waals surface area contributed by atoms with Crippen molar-refractivity contribution in [2.24, 2.45) is 0 Å². The van der Waals surface area contributed by atoms with Crippen LogP contribution in [0.3, 0.4) is 0 Å². The quantitative estimate of drug-likeness (QED) is 0.462. The molecule has 1 aliphatic rings. The summed E-state index contributed by atoms with van der Waals surface area (Å²) in [4.78, 5) is 11.2. The Bertz CT molecular complexity index is 196. The average Bonchev–Trinajstić information content (AvgIpc) is 2.34. The molecule has 0 N–H and O–H groups in total. The van der Waals surface area contributed by atoms with Crippen LogP contribution in [0, 0.1) is 0 Å². The number of esters is 1. The molecule has 0 saturated carbocycles. The molecule has 0 bridgehead atoms. The van der Waals surface area contributed by atoms with E-state index >= 15 is 0 Å². The van der Waals surface area contributed by atoms with Crippen LogP contribution < -0.4 is 0 Å². The fraction of sp³-hybridized carbons (Fsp3) is 0.667. The van der Waals surface area contributed by atoms with Crippen LogP contribution >= 0.6 is 0 Å². The Hall–Kier alpha value is -0.830. The highest BCUT2D eigenvalue weighted by Gasteiger charge is 2.27. The highest BCUT2D eigenvalue weighted by molar-refractivity contribution is 5.75. The predicted molar refractivity (Wildman–Crippen MR) is 44.7 cm³/mol. The molecule has 0 spiro atoms. The van der Waals surface area contributed by atoms with Crippen molar-refractivity contribution in [2.45, 2.75) is 32.5 Å². The first-order valence-corrected chi connectivity index (χ1v) is 4.08. The lowest BCUT2D eigenvalue weighted by Crippen LogP contribution is -2.24. The molecule has 0 aromatic carbocycles. The van der Waals surface area contributed by atoms with Crippen LogP contribution in [0.5, 0.6) is 0 Å². The van der Waals surface area contributed by atoms with E-state index in [9.17, 15) is 4.79 Å². The van der Waals surface area contributed by atoms with Gasteiger partial charge in [0.25, 0.3) is 0 Å². The highest BCUT2D eigenvalue weighted by Crippen LogP contribution is 2.18. The zero-order chi connectivity index (χ0) is 9.14. The molecule has 68 valence electrons. The second kappa shape index (κ2) is 3.72. The number of ether oxygens (including phenoxy) is 2. The summed E-state index contributed by atoms with van der Waals surface area (Å²) >= 11 is 0. The molecule has 1 saturated heterocycles. The molecule has 0 amide bonds. The standard InChI is InChI=1S/C9H14O3/c1-6(2)12-9(10)8-4-7(3)5-11-8/h6,8H,3-5H2,1-2H3/t8-/m0/s1. The van der Waals surface area contributed by atoms with Crippen LogP contribution in [-0.2, 0) is 14.3 Å². The van der Waals surface area contributed by atoms with Gasteiger partial charge in [-0.2, -0.15) is 0 Å². The third-order valence-corrected chi connectivity index (χ3v) is 1.58. The first-order valence-electron chi connectivity index (χ1n) is 4.08. The summed E-state index contributed by atoms with van der Waals surface area (Å²) < 4.78 is 10.1. The van der Waals surface area contributed by atoms with Crippen molar-refractivity contribution in [1.82, 2.24) is 0 Å². The molecule has 12 heavy (non-hydrogen) atoms. The van der Waals surface area contributed by atoms with Crippen LogP contribution in [-0.4, -0.2) is 24.8 Å². The maximum Gasteiger partial charge on any atom is 0.335 e. The molecule has 0 radical (unpaired) electrons. The van der Waals surface area contributed by atoms with E-state index in [1.54, 1.807) is 0 Å². The van der Waals surface area contributed by atoms with Crippen molar-refractivity contribution in [3.8, 4) is 0 Å². The smallest absolute Gasteiger partial charge is 0.335 e. The average molecular weight is 170 g/mol. The normalized spacial score (nSPS) is 23.2. The SMILES string of the molecule is C=C1CO[C@H](C(=O)OC(C)C)C1. The van der Waals surface area contributed by atoms with Gasteiger partial charge < -0.3 is 9.47 Å². The lowest BCUT2D eigenvalue weighted by molar-refractivity contribution is -0.158. The number of carbonyl (C=O) groups is 1. The van der Waals surface area contributed by atoms with Gasteiger partial charge in [-0.05, 0) is 19.4 Å². The topological polar surface area (TPSA) is 35.5 Å². The van der Waals surface area contributed by atoms with Gasteiger partial charge in [-0.1, -0.05) is 6.58 Å². The van der Waals surface area contributed by atoms with Crippen molar-refractivity contribution in [3.05, 3.63) is 12.2 Å². The van der Waals surface area contributed by atoms with Crippen LogP contribution in [0.4, 0.5) is 0 Å². The molecular weight excluding hydrogens is 156 g/mol. The van der Waals surface area contributed by atoms with Gasteiger partial charge >= 0.3 is 5.97 Å². The first-order chi connectivity index (χ1) is 5.59. The fourth-order valence-electron chi connectivity index (χ4n) is 1.06. The summed E-state index contributed by atoms with van der Waals surface area (Å²) in [5, 5.41) is 0. The van der Waals surface area contributed by atoms with Crippen LogP contribution in [0.25, 0.3) is 0 Å². The molecule has 0 aliphatic carbocycles. The molecule has 1 rings (SSSR count). The minimum absolute atomic E-state index is 0.0741.